The normalized spacial score (nSPS) is 20.6. The van der Waals surface area contributed by atoms with Crippen molar-refractivity contribution >= 4 is 40.7 Å². The molecular formula is C54H68N10O10. The molecule has 1 saturated carbocycles. The summed E-state index contributed by atoms with van der Waals surface area (Å²) in [7, 11) is 8.09. The van der Waals surface area contributed by atoms with Crippen LogP contribution >= 0.6 is 0 Å². The number of piperazine rings is 1. The molecule has 1 saturated heterocycles. The van der Waals surface area contributed by atoms with Crippen molar-refractivity contribution in [3.05, 3.63) is 89.1 Å². The first-order valence-corrected chi connectivity index (χ1v) is 25.6. The van der Waals surface area contributed by atoms with Gasteiger partial charge in [0.05, 0.1) is 52.1 Å². The third kappa shape index (κ3) is 9.95. The number of ether oxygens (including phenoxy) is 6. The lowest BCUT2D eigenvalue weighted by atomic mass is 9.58. The molecule has 2 aromatic carbocycles. The van der Waals surface area contributed by atoms with Crippen LogP contribution in [0.2, 0.25) is 0 Å². The van der Waals surface area contributed by atoms with E-state index < -0.39 is 24.4 Å². The molecule has 74 heavy (non-hydrogen) atoms. The SMILES string of the molecule is CCC(=O)OCOC(=O)N(C)CCC(=O)N1CCc2cc(OC)c(OC)cc2C12CCC(C(=O)N1CCN(c3ncnc4c3cnn4Cc3ccncc3)CC1)CC2C1c2cc(OC)c(OC)cc2CCN1CC. The van der Waals surface area contributed by atoms with Crippen LogP contribution in [0.3, 0.4) is 0 Å². The molecule has 3 aliphatic heterocycles. The maximum atomic E-state index is 15.3. The van der Waals surface area contributed by atoms with Crippen molar-refractivity contribution in [2.24, 2.45) is 11.8 Å². The number of anilines is 1. The molecule has 4 atom stereocenters. The lowest BCUT2D eigenvalue weighted by molar-refractivity contribution is -0.153. The fourth-order valence-corrected chi connectivity index (χ4v) is 11.9. The minimum Gasteiger partial charge on any atom is -0.493 e. The first kappa shape index (κ1) is 51.7. The molecule has 1 aliphatic carbocycles. The standard InChI is InChI=1S/C54H68N10O10/c1-8-48(66)73-34-74-53(68)59(3)19-15-47(65)63-21-14-37-28-44(70-5)46(72-7)30-41(37)54(63)16-10-38(26-42(54)49-39-29-45(71-6)43(69-4)27-36(39)13-20-60(49)9-2)52(67)62-24-22-61(23-25-62)50-40-31-58-64(51(40)57-33-56-50)32-35-11-17-55-18-12-35/h11-12,17-18,27-31,33,38,42,49H,8-10,13-16,19-26,32,34H2,1-7H3. The molecule has 3 aromatic heterocycles. The smallest absolute Gasteiger partial charge is 0.412 e. The van der Waals surface area contributed by atoms with Gasteiger partial charge in [-0.2, -0.15) is 5.10 Å². The zero-order chi connectivity index (χ0) is 52.1. The minimum absolute atomic E-state index is 0.00197. The Balaban J connectivity index is 1.06. The van der Waals surface area contributed by atoms with Crippen molar-refractivity contribution < 1.29 is 47.6 Å². The van der Waals surface area contributed by atoms with Crippen LogP contribution in [0.4, 0.5) is 10.6 Å². The fraction of sp³-hybridized carbons (Fsp3) is 0.519. The summed E-state index contributed by atoms with van der Waals surface area (Å²) < 4.78 is 35.8. The van der Waals surface area contributed by atoms with Gasteiger partial charge in [-0.3, -0.25) is 24.3 Å². The molecule has 4 unspecified atom stereocenters. The first-order valence-electron chi connectivity index (χ1n) is 25.6. The Morgan fingerprint density at radius 2 is 1.50 bits per heavy atom. The van der Waals surface area contributed by atoms with E-state index in [1.165, 1.54) is 4.90 Å². The second-order valence-electron chi connectivity index (χ2n) is 19.4. The van der Waals surface area contributed by atoms with E-state index >= 15 is 9.59 Å². The number of pyridine rings is 1. The largest absolute Gasteiger partial charge is 0.493 e. The van der Waals surface area contributed by atoms with E-state index in [4.69, 9.17) is 33.4 Å². The Morgan fingerprint density at radius 3 is 2.20 bits per heavy atom. The second-order valence-corrected chi connectivity index (χ2v) is 19.4. The highest BCUT2D eigenvalue weighted by atomic mass is 16.7. The monoisotopic (exact) mass is 1020 g/mol. The van der Waals surface area contributed by atoms with E-state index in [2.05, 4.69) is 43.9 Å². The van der Waals surface area contributed by atoms with Crippen molar-refractivity contribution in [1.82, 2.24) is 44.3 Å². The average Bonchev–Trinajstić information content (AvgIpc) is 3.87. The summed E-state index contributed by atoms with van der Waals surface area (Å²) in [6, 6.07) is 11.9. The maximum absolute atomic E-state index is 15.3. The predicted octanol–water partition coefficient (Wildman–Crippen LogP) is 5.64. The van der Waals surface area contributed by atoms with Crippen molar-refractivity contribution in [3.8, 4) is 23.0 Å². The van der Waals surface area contributed by atoms with Gasteiger partial charge in [0, 0.05) is 96.0 Å². The van der Waals surface area contributed by atoms with Gasteiger partial charge in [0.2, 0.25) is 18.6 Å². The van der Waals surface area contributed by atoms with Crippen LogP contribution in [0.5, 0.6) is 23.0 Å². The molecule has 2 fully saturated rings. The summed E-state index contributed by atoms with van der Waals surface area (Å²) >= 11 is 0. The zero-order valence-corrected chi connectivity index (χ0v) is 43.6. The number of hydrogen-bond acceptors (Lipinski definition) is 16. The maximum Gasteiger partial charge on any atom is 0.412 e. The number of rotatable bonds is 16. The first-order chi connectivity index (χ1) is 36.0. The lowest BCUT2D eigenvalue weighted by Crippen LogP contribution is -2.63. The molecule has 394 valence electrons. The van der Waals surface area contributed by atoms with Crippen LogP contribution in [0.15, 0.2) is 61.3 Å². The molecular weight excluding hydrogens is 949 g/mol. The molecule has 9 rings (SSSR count). The van der Waals surface area contributed by atoms with Crippen LogP contribution < -0.4 is 23.8 Å². The van der Waals surface area contributed by atoms with Gasteiger partial charge in [-0.25, -0.2) is 19.4 Å². The van der Waals surface area contributed by atoms with Gasteiger partial charge >= 0.3 is 12.1 Å². The number of methoxy groups -OCH3 is 4. The molecule has 0 N–H and O–H groups in total. The number of amides is 3. The number of aromatic nitrogens is 5. The van der Waals surface area contributed by atoms with E-state index in [1.807, 2.05) is 44.9 Å². The second kappa shape index (κ2) is 22.5. The molecule has 4 aliphatic rings. The average molecular weight is 1020 g/mol. The van der Waals surface area contributed by atoms with Gasteiger partial charge in [0.15, 0.2) is 28.6 Å². The van der Waals surface area contributed by atoms with Gasteiger partial charge in [0.25, 0.3) is 0 Å². The summed E-state index contributed by atoms with van der Waals surface area (Å²) in [6.07, 6.45) is 9.19. The van der Waals surface area contributed by atoms with E-state index in [-0.39, 0.29) is 49.1 Å². The molecule has 1 spiro atoms. The highest BCUT2D eigenvalue weighted by Crippen LogP contribution is 2.59. The molecule has 0 bridgehead atoms. The van der Waals surface area contributed by atoms with Gasteiger partial charge in [-0.05, 0) is 103 Å². The molecule has 0 radical (unpaired) electrons. The summed E-state index contributed by atoms with van der Waals surface area (Å²) in [5.74, 6) is 1.98. The van der Waals surface area contributed by atoms with Gasteiger partial charge in [-0.15, -0.1) is 0 Å². The number of nitrogens with zero attached hydrogens (tertiary/aromatic N) is 10. The summed E-state index contributed by atoms with van der Waals surface area (Å²) in [6.45, 7) is 7.95. The number of carbonyl (C=O) groups is 4. The highest BCUT2D eigenvalue weighted by molar-refractivity contribution is 5.87. The molecule has 20 heteroatoms. The Labute approximate surface area is 431 Å². The van der Waals surface area contributed by atoms with E-state index in [0.717, 1.165) is 64.2 Å². The predicted molar refractivity (Wildman–Crippen MR) is 273 cm³/mol. The Hall–Kier alpha value is -7.22. The number of benzene rings is 2. The van der Waals surface area contributed by atoms with E-state index in [1.54, 1.807) is 61.1 Å². The molecule has 6 heterocycles. The Kier molecular flexibility index (Phi) is 15.7. The van der Waals surface area contributed by atoms with Crippen LogP contribution in [0, 0.1) is 11.8 Å². The highest BCUT2D eigenvalue weighted by Gasteiger charge is 2.58. The van der Waals surface area contributed by atoms with Gasteiger partial charge < -0.3 is 48.0 Å². The zero-order valence-electron chi connectivity index (χ0n) is 43.6. The van der Waals surface area contributed by atoms with Crippen molar-refractivity contribution in [2.45, 2.75) is 76.9 Å². The molecule has 20 nitrogen and oxygen atoms in total. The number of hydrogen-bond donors (Lipinski definition) is 0. The van der Waals surface area contributed by atoms with Crippen molar-refractivity contribution in [2.75, 3.05) is 99.5 Å². The third-order valence-electron chi connectivity index (χ3n) is 15.7. The summed E-state index contributed by atoms with van der Waals surface area (Å²) in [5, 5.41) is 5.53. The van der Waals surface area contributed by atoms with Crippen molar-refractivity contribution in [1.29, 1.82) is 0 Å². The topological polar surface area (TPSA) is 196 Å². The van der Waals surface area contributed by atoms with Gasteiger partial charge in [-0.1, -0.05) is 13.8 Å². The van der Waals surface area contributed by atoms with Crippen molar-refractivity contribution in [3.63, 3.8) is 0 Å². The third-order valence-corrected chi connectivity index (χ3v) is 15.7. The number of fused-ring (bicyclic) bond motifs is 4. The number of esters is 1. The summed E-state index contributed by atoms with van der Waals surface area (Å²) in [5.41, 5.74) is 5.09. The van der Waals surface area contributed by atoms with E-state index in [9.17, 15) is 9.59 Å². The fourth-order valence-electron chi connectivity index (χ4n) is 11.9. The van der Waals surface area contributed by atoms with Crippen LogP contribution in [0.1, 0.15) is 79.8 Å². The minimum atomic E-state index is -0.937. The molecule has 5 aromatic rings. The lowest BCUT2D eigenvalue weighted by Gasteiger charge is -2.59. The molecule has 3 amide bonds. The Bertz CT molecular complexity index is 2840. The number of carbonyl (C=O) groups excluding carboxylic acids is 4. The van der Waals surface area contributed by atoms with E-state index in [0.29, 0.717) is 87.9 Å². The Morgan fingerprint density at radius 1 is 0.811 bits per heavy atom. The van der Waals surface area contributed by atoms with Gasteiger partial charge in [0.1, 0.15) is 12.1 Å². The van der Waals surface area contributed by atoms with Crippen LogP contribution in [-0.4, -0.2) is 163 Å². The number of likely N-dealkylation sites (N-methyl/N-ethyl adjacent to an activating group) is 1. The van der Waals surface area contributed by atoms with Crippen LogP contribution in [0.25, 0.3) is 11.0 Å². The summed E-state index contributed by atoms with van der Waals surface area (Å²) in [4.78, 5) is 78.9. The van der Waals surface area contributed by atoms with Crippen LogP contribution in [-0.2, 0) is 48.8 Å². The quantitative estimate of drug-likeness (QED) is 0.0870.